The van der Waals surface area contributed by atoms with Crippen LogP contribution in [0, 0.1) is 25.2 Å². The first kappa shape index (κ1) is 18.7. The van der Waals surface area contributed by atoms with Gasteiger partial charge in [-0.25, -0.2) is 4.98 Å². The third-order valence-electron chi connectivity index (χ3n) is 3.93. The van der Waals surface area contributed by atoms with Crippen molar-refractivity contribution < 1.29 is 19.1 Å². The van der Waals surface area contributed by atoms with Gasteiger partial charge in [0.05, 0.1) is 17.0 Å². The minimum absolute atomic E-state index is 0.0519. The van der Waals surface area contributed by atoms with Crippen molar-refractivity contribution in [2.45, 2.75) is 25.8 Å². The molecule has 0 saturated heterocycles. The van der Waals surface area contributed by atoms with Crippen LogP contribution in [0.4, 0.5) is 5.69 Å². The van der Waals surface area contributed by atoms with Crippen LogP contribution in [-0.2, 0) is 4.79 Å². The maximum Gasteiger partial charge on any atom is 0.234 e. The van der Waals surface area contributed by atoms with Gasteiger partial charge in [-0.15, -0.1) is 0 Å². The smallest absolute Gasteiger partial charge is 0.234 e. The molecule has 1 aromatic carbocycles. The van der Waals surface area contributed by atoms with E-state index in [0.717, 1.165) is 11.3 Å². The highest BCUT2D eigenvalue weighted by molar-refractivity contribution is 8.00. The second kappa shape index (κ2) is 7.68. The molecule has 0 spiro atoms. The normalized spacial score (nSPS) is 11.8. The number of carbonyl (C=O) groups is 2. The highest BCUT2D eigenvalue weighted by Crippen LogP contribution is 2.37. The highest BCUT2D eigenvalue weighted by atomic mass is 32.2. The van der Waals surface area contributed by atoms with Crippen molar-refractivity contribution >= 4 is 29.1 Å². The quantitative estimate of drug-likeness (QED) is 0.625. The van der Waals surface area contributed by atoms with E-state index >= 15 is 0 Å². The number of rotatable bonds is 5. The fraction of sp³-hybridized carbons (Fsp3) is 0.263. The van der Waals surface area contributed by atoms with Crippen LogP contribution >= 0.6 is 11.8 Å². The van der Waals surface area contributed by atoms with E-state index in [1.54, 1.807) is 12.1 Å². The minimum Gasteiger partial charge on any atom is -0.454 e. The van der Waals surface area contributed by atoms with Crippen molar-refractivity contribution in [1.82, 2.24) is 4.98 Å². The molecule has 1 amide bonds. The highest BCUT2D eigenvalue weighted by Gasteiger charge is 2.20. The summed E-state index contributed by atoms with van der Waals surface area (Å²) in [6, 6.07) is 7.10. The average molecular weight is 383 g/mol. The molecule has 8 heteroatoms. The molecule has 0 unspecified atom stereocenters. The number of fused-ring (bicyclic) bond motifs is 1. The summed E-state index contributed by atoms with van der Waals surface area (Å²) < 4.78 is 10.6. The van der Waals surface area contributed by atoms with Gasteiger partial charge in [-0.2, -0.15) is 5.26 Å². The van der Waals surface area contributed by atoms with E-state index in [1.165, 1.54) is 18.7 Å². The Hall–Kier alpha value is -3.05. The lowest BCUT2D eigenvalue weighted by Crippen LogP contribution is -2.16. The largest absolute Gasteiger partial charge is 0.454 e. The molecule has 138 valence electrons. The summed E-state index contributed by atoms with van der Waals surface area (Å²) in [5.41, 5.74) is 2.78. The number of pyridine rings is 1. The second-order valence-corrected chi connectivity index (χ2v) is 6.98. The van der Waals surface area contributed by atoms with E-state index in [0.29, 0.717) is 33.3 Å². The zero-order valence-electron chi connectivity index (χ0n) is 15.1. The van der Waals surface area contributed by atoms with Crippen LogP contribution in [0.5, 0.6) is 11.5 Å². The van der Waals surface area contributed by atoms with Gasteiger partial charge in [-0.1, -0.05) is 11.8 Å². The Morgan fingerprint density at radius 3 is 2.63 bits per heavy atom. The van der Waals surface area contributed by atoms with Gasteiger partial charge in [0.15, 0.2) is 17.3 Å². The molecule has 0 fully saturated rings. The van der Waals surface area contributed by atoms with E-state index in [-0.39, 0.29) is 24.2 Å². The molecular formula is C19H17N3O4S. The second-order valence-electron chi connectivity index (χ2n) is 6.02. The predicted molar refractivity (Wildman–Crippen MR) is 100 cm³/mol. The van der Waals surface area contributed by atoms with Crippen LogP contribution in [0.15, 0.2) is 23.2 Å². The molecule has 0 bridgehead atoms. The monoisotopic (exact) mass is 383 g/mol. The van der Waals surface area contributed by atoms with Crippen LogP contribution in [0.1, 0.15) is 34.1 Å². The van der Waals surface area contributed by atoms with Gasteiger partial charge < -0.3 is 14.8 Å². The molecule has 1 N–H and O–H groups in total. The SMILES string of the molecule is CC(=O)c1cc2c(cc1NC(=O)CSc1nc(C)cc(C)c1C#N)OCO2. The molecule has 2 aromatic rings. The van der Waals surface area contributed by atoms with Gasteiger partial charge in [-0.05, 0) is 38.5 Å². The van der Waals surface area contributed by atoms with E-state index in [4.69, 9.17) is 9.47 Å². The van der Waals surface area contributed by atoms with E-state index in [2.05, 4.69) is 16.4 Å². The summed E-state index contributed by atoms with van der Waals surface area (Å²) in [5, 5.41) is 12.6. The summed E-state index contributed by atoms with van der Waals surface area (Å²) in [6.07, 6.45) is 0. The number of hydrogen-bond acceptors (Lipinski definition) is 7. The van der Waals surface area contributed by atoms with Gasteiger partial charge in [0.2, 0.25) is 12.7 Å². The van der Waals surface area contributed by atoms with Crippen LogP contribution < -0.4 is 14.8 Å². The van der Waals surface area contributed by atoms with E-state index in [1.807, 2.05) is 19.9 Å². The number of Topliss-reactive ketones (excluding diaryl/α,β-unsaturated/α-hetero) is 1. The number of nitrogens with one attached hydrogen (secondary N) is 1. The molecule has 0 saturated carbocycles. The van der Waals surface area contributed by atoms with Gasteiger partial charge in [0.25, 0.3) is 0 Å². The van der Waals surface area contributed by atoms with Gasteiger partial charge in [0.1, 0.15) is 11.1 Å². The Bertz CT molecular complexity index is 982. The topological polar surface area (TPSA) is 101 Å². The van der Waals surface area contributed by atoms with E-state index in [9.17, 15) is 14.9 Å². The average Bonchev–Trinajstić information content (AvgIpc) is 3.06. The van der Waals surface area contributed by atoms with Crippen molar-refractivity contribution in [1.29, 1.82) is 5.26 Å². The third kappa shape index (κ3) is 4.04. The first-order valence-corrected chi connectivity index (χ1v) is 9.13. The lowest BCUT2D eigenvalue weighted by molar-refractivity contribution is -0.113. The lowest BCUT2D eigenvalue weighted by Gasteiger charge is -2.11. The fourth-order valence-electron chi connectivity index (χ4n) is 2.70. The lowest BCUT2D eigenvalue weighted by atomic mass is 10.1. The molecule has 1 aliphatic rings. The third-order valence-corrected chi connectivity index (χ3v) is 4.90. The molecule has 1 aromatic heterocycles. The number of benzene rings is 1. The molecule has 3 rings (SSSR count). The number of aryl methyl sites for hydroxylation is 2. The first-order valence-electron chi connectivity index (χ1n) is 8.14. The summed E-state index contributed by atoms with van der Waals surface area (Å²) in [5.74, 6) is 0.498. The summed E-state index contributed by atoms with van der Waals surface area (Å²) in [7, 11) is 0. The number of ether oxygens (including phenoxy) is 2. The van der Waals surface area contributed by atoms with Crippen LogP contribution in [0.2, 0.25) is 0 Å². The molecule has 0 atom stereocenters. The number of carbonyl (C=O) groups excluding carboxylic acids is 2. The molecule has 2 heterocycles. The number of nitrogens with zero attached hydrogens (tertiary/aromatic N) is 2. The Morgan fingerprint density at radius 1 is 1.26 bits per heavy atom. The van der Waals surface area contributed by atoms with Crippen molar-refractivity contribution in [2.24, 2.45) is 0 Å². The zero-order valence-corrected chi connectivity index (χ0v) is 15.9. The molecule has 1 aliphatic heterocycles. The number of hydrogen-bond donors (Lipinski definition) is 1. The number of ketones is 1. The number of aromatic nitrogens is 1. The number of nitriles is 1. The Kier molecular flexibility index (Phi) is 5.33. The molecule has 0 aliphatic carbocycles. The predicted octanol–water partition coefficient (Wildman–Crippen LogP) is 3.23. The zero-order chi connectivity index (χ0) is 19.6. The summed E-state index contributed by atoms with van der Waals surface area (Å²) in [6.45, 7) is 5.17. The van der Waals surface area contributed by atoms with Crippen molar-refractivity contribution in [3.05, 3.63) is 40.6 Å². The van der Waals surface area contributed by atoms with Crippen molar-refractivity contribution in [2.75, 3.05) is 17.9 Å². The maximum absolute atomic E-state index is 12.4. The van der Waals surface area contributed by atoms with Crippen LogP contribution in [-0.4, -0.2) is 29.2 Å². The standard InChI is InChI=1S/C19H17N3O4S/c1-10-4-11(2)21-19(14(10)7-20)27-8-18(24)22-15-6-17-16(25-9-26-17)5-13(15)12(3)23/h4-6H,8-9H2,1-3H3,(H,22,24). The molecular weight excluding hydrogens is 366 g/mol. The Labute approximate surface area is 160 Å². The maximum atomic E-state index is 12.4. The van der Waals surface area contributed by atoms with Crippen LogP contribution in [0.25, 0.3) is 0 Å². The number of anilines is 1. The fourth-order valence-corrected chi connectivity index (χ4v) is 3.60. The summed E-state index contributed by atoms with van der Waals surface area (Å²) >= 11 is 1.18. The Balaban J connectivity index is 1.76. The first-order chi connectivity index (χ1) is 12.9. The molecule has 27 heavy (non-hydrogen) atoms. The van der Waals surface area contributed by atoms with Crippen LogP contribution in [0.3, 0.4) is 0 Å². The minimum atomic E-state index is -0.314. The van der Waals surface area contributed by atoms with Gasteiger partial charge >= 0.3 is 0 Å². The van der Waals surface area contributed by atoms with E-state index < -0.39 is 0 Å². The number of thioether (sulfide) groups is 1. The van der Waals surface area contributed by atoms with Crippen molar-refractivity contribution in [3.8, 4) is 17.6 Å². The molecule has 0 radical (unpaired) electrons. The number of amides is 1. The van der Waals surface area contributed by atoms with Gasteiger partial charge in [0, 0.05) is 17.3 Å². The summed E-state index contributed by atoms with van der Waals surface area (Å²) in [4.78, 5) is 28.6. The molecule has 7 nitrogen and oxygen atoms in total. The Morgan fingerprint density at radius 2 is 1.96 bits per heavy atom. The van der Waals surface area contributed by atoms with Gasteiger partial charge in [-0.3, -0.25) is 9.59 Å². The van der Waals surface area contributed by atoms with Crippen molar-refractivity contribution in [3.63, 3.8) is 0 Å².